The van der Waals surface area contributed by atoms with Gasteiger partial charge >= 0.3 is 5.97 Å². The third-order valence-electron chi connectivity index (χ3n) is 3.71. The quantitative estimate of drug-likeness (QED) is 0.794. The molecule has 0 aromatic heterocycles. The highest BCUT2D eigenvalue weighted by molar-refractivity contribution is 5.83. The topological polar surface area (TPSA) is 32.8 Å². The summed E-state index contributed by atoms with van der Waals surface area (Å²) in [6.07, 6.45) is 2.02. The highest BCUT2D eigenvalue weighted by Gasteiger charge is 2.40. The number of likely N-dealkylation sites (N-methyl/N-ethyl adjacent to an activating group) is 2. The molecule has 0 amide bonds. The van der Waals surface area contributed by atoms with Crippen LogP contribution in [0, 0.1) is 5.82 Å². The summed E-state index contributed by atoms with van der Waals surface area (Å²) in [5.41, 5.74) is 1.80. The Bertz CT molecular complexity index is 540. The summed E-state index contributed by atoms with van der Waals surface area (Å²) in [5, 5.41) is 0. The van der Waals surface area contributed by atoms with Crippen molar-refractivity contribution >= 4 is 11.7 Å². The second-order valence-electron chi connectivity index (χ2n) is 5.32. The first-order valence-electron chi connectivity index (χ1n) is 6.99. The van der Waals surface area contributed by atoms with Gasteiger partial charge in [0.05, 0.1) is 12.6 Å². The Morgan fingerprint density at radius 3 is 2.48 bits per heavy atom. The van der Waals surface area contributed by atoms with E-state index in [2.05, 4.69) is 0 Å². The molecule has 2 atom stereocenters. The Kier molecular flexibility index (Phi) is 4.63. The van der Waals surface area contributed by atoms with E-state index in [1.807, 2.05) is 37.0 Å². The average Bonchev–Trinajstić information content (AvgIpc) is 2.78. The third-order valence-corrected chi connectivity index (χ3v) is 3.71. The van der Waals surface area contributed by atoms with E-state index in [-0.39, 0.29) is 23.9 Å². The maximum absolute atomic E-state index is 13.1. The first-order valence-corrected chi connectivity index (χ1v) is 6.99. The zero-order valence-electron chi connectivity index (χ0n) is 12.8. The van der Waals surface area contributed by atoms with Crippen molar-refractivity contribution < 1.29 is 13.9 Å². The number of rotatable bonds is 4. The van der Waals surface area contributed by atoms with Gasteiger partial charge in [-0.1, -0.05) is 12.1 Å². The van der Waals surface area contributed by atoms with Crippen molar-refractivity contribution in [1.29, 1.82) is 0 Å². The molecule has 1 heterocycles. The molecule has 0 bridgehead atoms. The van der Waals surface area contributed by atoms with E-state index in [9.17, 15) is 9.18 Å². The Morgan fingerprint density at radius 2 is 1.95 bits per heavy atom. The summed E-state index contributed by atoms with van der Waals surface area (Å²) in [4.78, 5) is 16.1. The number of benzene rings is 1. The van der Waals surface area contributed by atoms with Gasteiger partial charge in [-0.3, -0.25) is 0 Å². The number of nitrogens with zero attached hydrogens (tertiary/aromatic N) is 2. The zero-order chi connectivity index (χ0) is 15.6. The molecule has 0 saturated carbocycles. The average molecular weight is 292 g/mol. The van der Waals surface area contributed by atoms with Crippen molar-refractivity contribution in [2.75, 3.05) is 27.7 Å². The number of halogens is 1. The monoisotopic (exact) mass is 292 g/mol. The molecule has 0 radical (unpaired) electrons. The molecule has 2 rings (SSSR count). The molecule has 1 aliphatic rings. The van der Waals surface area contributed by atoms with Gasteiger partial charge < -0.3 is 14.5 Å². The molecular formula is C16H21FN2O2. The number of carbonyl (C=O) groups is 1. The van der Waals surface area contributed by atoms with Crippen LogP contribution < -0.4 is 0 Å². The zero-order valence-corrected chi connectivity index (χ0v) is 12.8. The third kappa shape index (κ3) is 3.08. The molecule has 114 valence electrons. The van der Waals surface area contributed by atoms with Crippen LogP contribution in [0.4, 0.5) is 4.39 Å². The van der Waals surface area contributed by atoms with Gasteiger partial charge in [-0.05, 0) is 44.8 Å². The normalized spacial score (nSPS) is 21.6. The van der Waals surface area contributed by atoms with Gasteiger partial charge in [0.1, 0.15) is 11.9 Å². The Labute approximate surface area is 124 Å². The summed E-state index contributed by atoms with van der Waals surface area (Å²) in [5.74, 6) is -0.516. The lowest BCUT2D eigenvalue weighted by Gasteiger charge is -2.29. The van der Waals surface area contributed by atoms with E-state index in [0.717, 1.165) is 11.3 Å². The van der Waals surface area contributed by atoms with E-state index in [0.29, 0.717) is 6.61 Å². The molecule has 21 heavy (non-hydrogen) atoms. The lowest BCUT2D eigenvalue weighted by atomic mass is 10.1. The van der Waals surface area contributed by atoms with Gasteiger partial charge in [0.2, 0.25) is 0 Å². The van der Waals surface area contributed by atoms with E-state index in [1.54, 1.807) is 19.1 Å². The lowest BCUT2D eigenvalue weighted by Crippen LogP contribution is -2.47. The predicted molar refractivity (Wildman–Crippen MR) is 80.0 cm³/mol. The van der Waals surface area contributed by atoms with Crippen LogP contribution in [0.5, 0.6) is 0 Å². The fourth-order valence-corrected chi connectivity index (χ4v) is 2.63. The first-order chi connectivity index (χ1) is 9.95. The molecule has 1 aromatic rings. The Hall–Kier alpha value is -1.88. The van der Waals surface area contributed by atoms with E-state index in [4.69, 9.17) is 4.74 Å². The van der Waals surface area contributed by atoms with Gasteiger partial charge in [0.15, 0.2) is 0 Å². The number of carbonyl (C=O) groups excluding carboxylic acids is 1. The molecule has 0 saturated heterocycles. The summed E-state index contributed by atoms with van der Waals surface area (Å²) in [6.45, 7) is 2.15. The Balaban J connectivity index is 2.33. The molecule has 0 spiro atoms. The second-order valence-corrected chi connectivity index (χ2v) is 5.32. The van der Waals surface area contributed by atoms with Crippen LogP contribution in [0.3, 0.4) is 0 Å². The van der Waals surface area contributed by atoms with E-state index < -0.39 is 0 Å². The lowest BCUT2D eigenvalue weighted by molar-refractivity contribution is -0.148. The molecule has 0 unspecified atom stereocenters. The van der Waals surface area contributed by atoms with Crippen LogP contribution in [0.25, 0.3) is 5.70 Å². The molecule has 4 nitrogen and oxygen atoms in total. The maximum atomic E-state index is 13.1. The van der Waals surface area contributed by atoms with Crippen LogP contribution in [-0.4, -0.2) is 55.6 Å². The fraction of sp³-hybridized carbons (Fsp3) is 0.438. The van der Waals surface area contributed by atoms with E-state index >= 15 is 0 Å². The fourth-order valence-electron chi connectivity index (χ4n) is 2.63. The van der Waals surface area contributed by atoms with Gasteiger partial charge in [-0.25, -0.2) is 9.18 Å². The van der Waals surface area contributed by atoms with E-state index in [1.165, 1.54) is 12.1 Å². The van der Waals surface area contributed by atoms with Gasteiger partial charge in [0, 0.05) is 12.7 Å². The largest absolute Gasteiger partial charge is 0.464 e. The summed E-state index contributed by atoms with van der Waals surface area (Å²) < 4.78 is 18.2. The molecule has 0 aliphatic carbocycles. The number of esters is 1. The first kappa shape index (κ1) is 15.5. The Morgan fingerprint density at radius 1 is 1.33 bits per heavy atom. The van der Waals surface area contributed by atoms with Crippen molar-refractivity contribution in [3.63, 3.8) is 0 Å². The highest BCUT2D eigenvalue weighted by Crippen LogP contribution is 2.31. The number of ether oxygens (including phenoxy) is 1. The molecular weight excluding hydrogens is 271 g/mol. The maximum Gasteiger partial charge on any atom is 0.330 e. The van der Waals surface area contributed by atoms with Crippen molar-refractivity contribution in [3.8, 4) is 0 Å². The van der Waals surface area contributed by atoms with Crippen molar-refractivity contribution in [1.82, 2.24) is 9.80 Å². The van der Waals surface area contributed by atoms with Crippen LogP contribution in [0.15, 0.2) is 30.3 Å². The molecule has 1 aliphatic heterocycles. The summed E-state index contributed by atoms with van der Waals surface area (Å²) in [7, 11) is 5.71. The number of hydrogen-bond acceptors (Lipinski definition) is 4. The second kappa shape index (κ2) is 6.26. The molecule has 0 fully saturated rings. The van der Waals surface area contributed by atoms with Crippen molar-refractivity contribution in [2.45, 2.75) is 19.0 Å². The highest BCUT2D eigenvalue weighted by atomic mass is 19.1. The van der Waals surface area contributed by atoms with Gasteiger partial charge in [-0.2, -0.15) is 0 Å². The van der Waals surface area contributed by atoms with Crippen LogP contribution >= 0.6 is 0 Å². The van der Waals surface area contributed by atoms with Crippen LogP contribution in [-0.2, 0) is 9.53 Å². The van der Waals surface area contributed by atoms with Crippen LogP contribution in [0.2, 0.25) is 0 Å². The molecule has 1 aromatic carbocycles. The molecule has 5 heteroatoms. The van der Waals surface area contributed by atoms with Crippen molar-refractivity contribution in [2.24, 2.45) is 0 Å². The minimum atomic E-state index is -0.389. The SMILES string of the molecule is CCOC(=O)[C@H]1[C@@H](N(C)C)C=C(c2ccc(F)cc2)N1C. The number of hydrogen-bond donors (Lipinski definition) is 0. The molecule has 0 N–H and O–H groups in total. The van der Waals surface area contributed by atoms with Crippen LogP contribution in [0.1, 0.15) is 12.5 Å². The standard InChI is InChI=1S/C16H21FN2O2/c1-5-21-16(20)15-14(18(2)3)10-13(19(15)4)11-6-8-12(17)9-7-11/h6-10,14-15H,5H2,1-4H3/t14-,15+/m0/s1. The smallest absolute Gasteiger partial charge is 0.330 e. The van der Waals surface area contributed by atoms with Gasteiger partial charge in [-0.15, -0.1) is 0 Å². The van der Waals surface area contributed by atoms with Gasteiger partial charge in [0.25, 0.3) is 0 Å². The summed E-state index contributed by atoms with van der Waals surface area (Å²) in [6, 6.07) is 5.82. The minimum Gasteiger partial charge on any atom is -0.464 e. The minimum absolute atomic E-state index is 0.0749. The summed E-state index contributed by atoms with van der Waals surface area (Å²) >= 11 is 0. The predicted octanol–water partition coefficient (Wildman–Crippen LogP) is 1.97. The van der Waals surface area contributed by atoms with Crippen molar-refractivity contribution in [3.05, 3.63) is 41.7 Å².